The molecule has 0 atom stereocenters. The molecule has 7 nitrogen and oxygen atoms in total. The first kappa shape index (κ1) is 20.4. The number of aromatic nitrogens is 2. The Labute approximate surface area is 187 Å². The molecular weight excluding hydrogens is 431 g/mol. The molecule has 0 unspecified atom stereocenters. The summed E-state index contributed by atoms with van der Waals surface area (Å²) in [6.45, 7) is 2.36. The van der Waals surface area contributed by atoms with Gasteiger partial charge in [0.1, 0.15) is 22.8 Å². The molecule has 0 radical (unpaired) electrons. The number of methoxy groups -OCH3 is 1. The molecule has 2 aromatic heterocycles. The fourth-order valence-corrected chi connectivity index (χ4v) is 5.23. The van der Waals surface area contributed by atoms with Crippen molar-refractivity contribution in [2.24, 2.45) is 0 Å². The van der Waals surface area contributed by atoms with Crippen LogP contribution in [0.4, 0.5) is 10.1 Å². The van der Waals surface area contributed by atoms with Crippen LogP contribution in [0.2, 0.25) is 0 Å². The minimum absolute atomic E-state index is 0.0901. The molecule has 1 aliphatic heterocycles. The molecule has 0 bridgehead atoms. The Hall–Kier alpha value is -3.46. The van der Waals surface area contributed by atoms with Crippen molar-refractivity contribution >= 4 is 43.2 Å². The summed E-state index contributed by atoms with van der Waals surface area (Å²) >= 11 is 1.20. The maximum absolute atomic E-state index is 14.2. The Morgan fingerprint density at radius 2 is 1.91 bits per heavy atom. The van der Waals surface area contributed by atoms with Crippen LogP contribution in [0.25, 0.3) is 20.3 Å². The van der Waals surface area contributed by atoms with Crippen LogP contribution in [-0.2, 0) is 11.3 Å². The van der Waals surface area contributed by atoms with Gasteiger partial charge >= 0.3 is 0 Å². The van der Waals surface area contributed by atoms with Crippen LogP contribution in [-0.4, -0.2) is 53.6 Å². The van der Waals surface area contributed by atoms with Gasteiger partial charge in [-0.3, -0.25) is 14.2 Å². The zero-order valence-electron chi connectivity index (χ0n) is 17.5. The number of hydrogen-bond donors (Lipinski definition) is 0. The predicted molar refractivity (Wildman–Crippen MR) is 123 cm³/mol. The van der Waals surface area contributed by atoms with E-state index >= 15 is 0 Å². The van der Waals surface area contributed by atoms with Crippen molar-refractivity contribution in [2.75, 3.05) is 38.2 Å². The van der Waals surface area contributed by atoms with E-state index in [1.807, 2.05) is 24.3 Å². The van der Waals surface area contributed by atoms with Crippen LogP contribution in [0.5, 0.6) is 5.75 Å². The largest absolute Gasteiger partial charge is 0.495 e. The van der Waals surface area contributed by atoms with Gasteiger partial charge in [-0.1, -0.05) is 18.2 Å². The number of thiophene rings is 1. The molecule has 0 N–H and O–H groups in total. The van der Waals surface area contributed by atoms with Crippen LogP contribution in [0.15, 0.2) is 53.6 Å². The highest BCUT2D eigenvalue weighted by atomic mass is 32.1. The summed E-state index contributed by atoms with van der Waals surface area (Å²) in [5, 5.41) is 0.357. The number of benzene rings is 2. The van der Waals surface area contributed by atoms with Crippen molar-refractivity contribution < 1.29 is 13.9 Å². The normalized spacial score (nSPS) is 14.3. The molecule has 4 aromatic rings. The van der Waals surface area contributed by atoms with E-state index in [1.165, 1.54) is 28.3 Å². The van der Waals surface area contributed by atoms with Crippen LogP contribution in [0.1, 0.15) is 0 Å². The second-order valence-electron chi connectivity index (χ2n) is 7.61. The highest BCUT2D eigenvalue weighted by molar-refractivity contribution is 7.25. The molecule has 9 heteroatoms. The summed E-state index contributed by atoms with van der Waals surface area (Å²) in [7, 11) is 1.65. The van der Waals surface area contributed by atoms with Crippen LogP contribution >= 0.6 is 11.3 Å². The van der Waals surface area contributed by atoms with Crippen molar-refractivity contribution in [2.45, 2.75) is 6.54 Å². The van der Waals surface area contributed by atoms with Crippen LogP contribution in [0.3, 0.4) is 0 Å². The van der Waals surface area contributed by atoms with Gasteiger partial charge < -0.3 is 14.5 Å². The van der Waals surface area contributed by atoms with Crippen molar-refractivity contribution in [1.29, 1.82) is 0 Å². The van der Waals surface area contributed by atoms with E-state index < -0.39 is 5.82 Å². The fraction of sp³-hybridized carbons (Fsp3) is 0.261. The maximum Gasteiger partial charge on any atom is 0.271 e. The summed E-state index contributed by atoms with van der Waals surface area (Å²) in [4.78, 5) is 34.1. The molecule has 1 amide bonds. The van der Waals surface area contributed by atoms with Gasteiger partial charge in [-0.2, -0.15) is 0 Å². The first-order valence-electron chi connectivity index (χ1n) is 10.3. The van der Waals surface area contributed by atoms with Crippen LogP contribution < -0.4 is 15.2 Å². The molecule has 1 fully saturated rings. The molecule has 3 heterocycles. The number of carbonyl (C=O) groups excluding carboxylic acids is 1. The van der Waals surface area contributed by atoms with Crippen molar-refractivity contribution in [1.82, 2.24) is 14.5 Å². The molecule has 5 rings (SSSR count). The van der Waals surface area contributed by atoms with E-state index in [-0.39, 0.29) is 18.0 Å². The Morgan fingerprint density at radius 3 is 2.69 bits per heavy atom. The number of anilines is 1. The van der Waals surface area contributed by atoms with Crippen molar-refractivity contribution in [3.05, 3.63) is 65.0 Å². The monoisotopic (exact) mass is 452 g/mol. The Bertz CT molecular complexity index is 1370. The standard InChI is InChI=1S/C23H21FN4O3S/c1-31-17-7-3-2-6-16(17)26-9-11-27(12-10-26)19(29)13-28-14-25-21-20-15(24)5-4-8-18(20)32-22(21)23(28)30/h2-8,14H,9-13H2,1H3. The molecule has 0 aliphatic carbocycles. The first-order chi connectivity index (χ1) is 15.6. The second-order valence-corrected chi connectivity index (χ2v) is 8.66. The van der Waals surface area contributed by atoms with Gasteiger partial charge in [0.05, 0.1) is 30.0 Å². The molecule has 2 aromatic carbocycles. The highest BCUT2D eigenvalue weighted by Crippen LogP contribution is 2.32. The van der Waals surface area contributed by atoms with E-state index in [1.54, 1.807) is 24.1 Å². The summed E-state index contributed by atoms with van der Waals surface area (Å²) < 4.78 is 22.0. The third kappa shape index (κ3) is 3.48. The average molecular weight is 453 g/mol. The smallest absolute Gasteiger partial charge is 0.271 e. The summed E-state index contributed by atoms with van der Waals surface area (Å²) in [5.41, 5.74) is 1.03. The average Bonchev–Trinajstić information content (AvgIpc) is 3.21. The third-order valence-corrected chi connectivity index (χ3v) is 6.92. The van der Waals surface area contributed by atoms with E-state index in [4.69, 9.17) is 4.74 Å². The van der Waals surface area contributed by atoms with E-state index in [0.29, 0.717) is 46.5 Å². The minimum atomic E-state index is -0.401. The number of para-hydroxylation sites is 2. The van der Waals surface area contributed by atoms with Gasteiger partial charge in [0.25, 0.3) is 5.56 Å². The SMILES string of the molecule is COc1ccccc1N1CCN(C(=O)Cn2cnc3c(sc4cccc(F)c43)c2=O)CC1. The van der Waals surface area contributed by atoms with Crippen molar-refractivity contribution in [3.8, 4) is 5.75 Å². The maximum atomic E-state index is 14.2. The zero-order chi connectivity index (χ0) is 22.2. The summed E-state index contributed by atoms with van der Waals surface area (Å²) in [6.07, 6.45) is 1.34. The number of fused-ring (bicyclic) bond motifs is 3. The Balaban J connectivity index is 1.32. The zero-order valence-corrected chi connectivity index (χ0v) is 18.3. The van der Waals surface area contributed by atoms with Gasteiger partial charge in [0.15, 0.2) is 0 Å². The third-order valence-electron chi connectivity index (χ3n) is 5.78. The molecule has 1 saturated heterocycles. The van der Waals surface area contributed by atoms with E-state index in [0.717, 1.165) is 11.4 Å². The Morgan fingerprint density at radius 1 is 1.12 bits per heavy atom. The van der Waals surface area contributed by atoms with Gasteiger partial charge in [-0.25, -0.2) is 9.37 Å². The molecule has 1 aliphatic rings. The molecule has 0 spiro atoms. The number of halogens is 1. The lowest BCUT2D eigenvalue weighted by Gasteiger charge is -2.36. The topological polar surface area (TPSA) is 67.7 Å². The van der Waals surface area contributed by atoms with Gasteiger partial charge in [-0.05, 0) is 24.3 Å². The predicted octanol–water partition coefficient (Wildman–Crippen LogP) is 3.11. The molecule has 164 valence electrons. The number of hydrogen-bond acceptors (Lipinski definition) is 6. The number of nitrogens with zero attached hydrogens (tertiary/aromatic N) is 4. The lowest BCUT2D eigenvalue weighted by molar-refractivity contribution is -0.132. The Kier molecular flexibility index (Phi) is 5.26. The number of piperazine rings is 1. The number of ether oxygens (including phenoxy) is 1. The van der Waals surface area contributed by atoms with E-state index in [2.05, 4.69) is 9.88 Å². The number of amides is 1. The molecule has 0 saturated carbocycles. The van der Waals surface area contributed by atoms with Gasteiger partial charge in [0.2, 0.25) is 5.91 Å². The lowest BCUT2D eigenvalue weighted by Crippen LogP contribution is -2.50. The minimum Gasteiger partial charge on any atom is -0.495 e. The highest BCUT2D eigenvalue weighted by Gasteiger charge is 2.24. The van der Waals surface area contributed by atoms with Crippen molar-refractivity contribution in [3.63, 3.8) is 0 Å². The van der Waals surface area contributed by atoms with Crippen LogP contribution in [0, 0.1) is 5.82 Å². The molecular formula is C23H21FN4O3S. The lowest BCUT2D eigenvalue weighted by atomic mass is 10.2. The first-order valence-corrected chi connectivity index (χ1v) is 11.1. The fourth-order valence-electron chi connectivity index (χ4n) is 4.12. The number of rotatable bonds is 4. The quantitative estimate of drug-likeness (QED) is 0.476. The summed E-state index contributed by atoms with van der Waals surface area (Å²) in [5.74, 6) is 0.264. The van der Waals surface area contributed by atoms with Gasteiger partial charge in [0, 0.05) is 30.9 Å². The molecule has 32 heavy (non-hydrogen) atoms. The number of carbonyl (C=O) groups is 1. The summed E-state index contributed by atoms with van der Waals surface area (Å²) in [6, 6.07) is 12.5. The van der Waals surface area contributed by atoms with Gasteiger partial charge in [-0.15, -0.1) is 11.3 Å². The second kappa shape index (κ2) is 8.23. The van der Waals surface area contributed by atoms with E-state index in [9.17, 15) is 14.0 Å².